The third kappa shape index (κ3) is 11.5. The van der Waals surface area contributed by atoms with Gasteiger partial charge in [-0.05, 0) is 86.6 Å². The van der Waals surface area contributed by atoms with Crippen LogP contribution >= 0.6 is 0 Å². The van der Waals surface area contributed by atoms with Gasteiger partial charge in [-0.1, -0.05) is 30.3 Å². The van der Waals surface area contributed by atoms with Gasteiger partial charge < -0.3 is 23.8 Å². The number of benzene rings is 2. The summed E-state index contributed by atoms with van der Waals surface area (Å²) in [5.74, 6) is -5.45. The first kappa shape index (κ1) is 41.2. The molecule has 1 aliphatic heterocycles. The first-order valence-corrected chi connectivity index (χ1v) is 17.5. The quantitative estimate of drug-likeness (QED) is 0.137. The van der Waals surface area contributed by atoms with Crippen molar-refractivity contribution in [3.63, 3.8) is 0 Å². The predicted molar refractivity (Wildman–Crippen MR) is 188 cm³/mol. The van der Waals surface area contributed by atoms with E-state index < -0.39 is 76.9 Å². The number of ether oxygens (including phenoxy) is 4. The fourth-order valence-electron chi connectivity index (χ4n) is 5.70. The number of nitrogens with zero attached hydrogens (tertiary/aromatic N) is 3. The lowest BCUT2D eigenvalue weighted by atomic mass is 10.1. The molecule has 1 fully saturated rings. The molecule has 0 bridgehead atoms. The van der Waals surface area contributed by atoms with Crippen LogP contribution in [0.3, 0.4) is 0 Å². The fourth-order valence-corrected chi connectivity index (χ4v) is 5.70. The van der Waals surface area contributed by atoms with Crippen molar-refractivity contribution in [1.29, 1.82) is 0 Å². The SMILES string of the molecule is CC(C)(C)OC(=O)CN(C(=O)C(F)(F)F)c1c(OCc2ccccc2)cc2c(c1F)C[C@H](CN(CC1CC1)C(=O)OC(C)(C)C)N2C(=O)OC(C)(C)C. The summed E-state index contributed by atoms with van der Waals surface area (Å²) in [6, 6.07) is 8.63. The molecular formula is C38H49F4N3O8. The van der Waals surface area contributed by atoms with Gasteiger partial charge in [0.1, 0.15) is 41.4 Å². The lowest BCUT2D eigenvalue weighted by molar-refractivity contribution is -0.171. The summed E-state index contributed by atoms with van der Waals surface area (Å²) < 4.78 is 82.2. The molecule has 0 unspecified atom stereocenters. The molecule has 1 heterocycles. The lowest BCUT2D eigenvalue weighted by Crippen LogP contribution is -2.49. The number of halogens is 4. The van der Waals surface area contributed by atoms with E-state index in [1.165, 1.54) is 25.7 Å². The standard InChI is InChI=1S/C38H49F4N3O8/c1-35(2,3)51-29(46)21-44(32(47)38(40,41)42)31-28(50-22-24-13-11-10-12-14-24)18-27-26(30(31)39)17-25(45(27)34(49)53-37(7,8)9)20-43(19-23-15-16-23)33(48)52-36(4,5)6/h10-14,18,23,25H,15-17,19-22H2,1-9H3/t25-/m1/s1. The zero-order chi connectivity index (χ0) is 39.7. The number of fused-ring (bicyclic) bond motifs is 1. The molecule has 0 radical (unpaired) electrons. The average molecular weight is 752 g/mol. The maximum absolute atomic E-state index is 17.2. The van der Waals surface area contributed by atoms with Crippen molar-refractivity contribution in [2.75, 3.05) is 29.4 Å². The highest BCUT2D eigenvalue weighted by Crippen LogP contribution is 2.46. The Balaban J connectivity index is 1.89. The molecule has 1 aliphatic carbocycles. The van der Waals surface area contributed by atoms with E-state index in [0.717, 1.165) is 23.8 Å². The zero-order valence-electron chi connectivity index (χ0n) is 31.7. The smallest absolute Gasteiger partial charge is 0.471 e. The number of hydrogen-bond donors (Lipinski definition) is 0. The van der Waals surface area contributed by atoms with Crippen molar-refractivity contribution >= 4 is 35.4 Å². The van der Waals surface area contributed by atoms with Gasteiger partial charge in [0.05, 0.1) is 11.7 Å². The van der Waals surface area contributed by atoms with Crippen molar-refractivity contribution in [3.05, 3.63) is 53.3 Å². The van der Waals surface area contributed by atoms with E-state index in [4.69, 9.17) is 18.9 Å². The number of esters is 1. The Labute approximate surface area is 307 Å². The van der Waals surface area contributed by atoms with Crippen molar-refractivity contribution in [1.82, 2.24) is 4.90 Å². The highest BCUT2D eigenvalue weighted by atomic mass is 19.4. The molecule has 2 aromatic rings. The van der Waals surface area contributed by atoms with E-state index in [1.807, 2.05) is 0 Å². The third-order valence-electron chi connectivity index (χ3n) is 7.90. The van der Waals surface area contributed by atoms with Crippen LogP contribution in [0.1, 0.15) is 86.3 Å². The molecule has 53 heavy (non-hydrogen) atoms. The molecule has 292 valence electrons. The highest BCUT2D eigenvalue weighted by molar-refractivity contribution is 6.03. The van der Waals surface area contributed by atoms with Crippen molar-refractivity contribution in [3.8, 4) is 5.75 Å². The number of carbonyl (C=O) groups excluding carboxylic acids is 4. The summed E-state index contributed by atoms with van der Waals surface area (Å²) in [4.78, 5) is 55.8. The second-order valence-corrected chi connectivity index (χ2v) is 16.3. The molecule has 0 N–H and O–H groups in total. The van der Waals surface area contributed by atoms with Crippen LogP contribution in [0.5, 0.6) is 5.75 Å². The predicted octanol–water partition coefficient (Wildman–Crippen LogP) is 7.96. The van der Waals surface area contributed by atoms with Crippen molar-refractivity contribution in [2.24, 2.45) is 5.92 Å². The summed E-state index contributed by atoms with van der Waals surface area (Å²) in [7, 11) is 0. The van der Waals surface area contributed by atoms with E-state index >= 15 is 4.39 Å². The molecule has 11 nitrogen and oxygen atoms in total. The minimum atomic E-state index is -5.54. The first-order chi connectivity index (χ1) is 24.3. The van der Waals surface area contributed by atoms with Crippen LogP contribution in [-0.4, -0.2) is 77.6 Å². The summed E-state index contributed by atoms with van der Waals surface area (Å²) in [6.07, 6.45) is -5.64. The van der Waals surface area contributed by atoms with E-state index in [1.54, 1.807) is 71.9 Å². The number of amides is 3. The molecule has 4 rings (SSSR count). The van der Waals surface area contributed by atoms with Crippen LogP contribution < -0.4 is 14.5 Å². The van der Waals surface area contributed by atoms with Crippen LogP contribution in [0.4, 0.5) is 38.5 Å². The number of rotatable bonds is 10. The Morgan fingerprint density at radius 3 is 1.94 bits per heavy atom. The van der Waals surface area contributed by atoms with Gasteiger partial charge in [-0.25, -0.2) is 14.0 Å². The van der Waals surface area contributed by atoms with E-state index in [-0.39, 0.29) is 41.6 Å². The van der Waals surface area contributed by atoms with Crippen LogP contribution in [0.2, 0.25) is 0 Å². The molecule has 3 amide bonds. The molecule has 1 saturated carbocycles. The maximum atomic E-state index is 17.2. The van der Waals surface area contributed by atoms with Gasteiger partial charge in [0.25, 0.3) is 0 Å². The number of hydrogen-bond acceptors (Lipinski definition) is 8. The number of anilines is 2. The zero-order valence-corrected chi connectivity index (χ0v) is 31.7. The minimum Gasteiger partial charge on any atom is -0.487 e. The molecule has 1 atom stereocenters. The van der Waals surface area contributed by atoms with Crippen LogP contribution in [-0.2, 0) is 36.8 Å². The molecule has 0 spiro atoms. The molecule has 2 aromatic carbocycles. The largest absolute Gasteiger partial charge is 0.487 e. The summed E-state index contributed by atoms with van der Waals surface area (Å²) in [6.45, 7) is 13.0. The van der Waals surface area contributed by atoms with E-state index in [9.17, 15) is 32.3 Å². The van der Waals surface area contributed by atoms with Gasteiger partial charge >= 0.3 is 30.2 Å². The Morgan fingerprint density at radius 2 is 1.42 bits per heavy atom. The van der Waals surface area contributed by atoms with Gasteiger partial charge in [0.15, 0.2) is 5.82 Å². The summed E-state index contributed by atoms with van der Waals surface area (Å²) in [5.41, 5.74) is -3.76. The normalized spacial score (nSPS) is 16.1. The van der Waals surface area contributed by atoms with Gasteiger partial charge in [-0.15, -0.1) is 0 Å². The Morgan fingerprint density at radius 1 is 0.830 bits per heavy atom. The first-order valence-electron chi connectivity index (χ1n) is 17.5. The Bertz CT molecular complexity index is 1680. The maximum Gasteiger partial charge on any atom is 0.471 e. The van der Waals surface area contributed by atoms with Crippen LogP contribution in [0.15, 0.2) is 36.4 Å². The van der Waals surface area contributed by atoms with Gasteiger partial charge in [-0.2, -0.15) is 13.2 Å². The minimum absolute atomic E-state index is 0.0464. The third-order valence-corrected chi connectivity index (χ3v) is 7.90. The summed E-state index contributed by atoms with van der Waals surface area (Å²) in [5, 5.41) is 0. The second-order valence-electron chi connectivity index (χ2n) is 16.3. The fraction of sp³-hybridized carbons (Fsp3) is 0.579. The van der Waals surface area contributed by atoms with Gasteiger partial charge in [0, 0.05) is 31.1 Å². The van der Waals surface area contributed by atoms with Crippen LogP contribution in [0.25, 0.3) is 0 Å². The lowest BCUT2D eigenvalue weighted by Gasteiger charge is -2.33. The Kier molecular flexibility index (Phi) is 12.0. The Hall–Kier alpha value is -4.56. The molecule has 15 heteroatoms. The summed E-state index contributed by atoms with van der Waals surface area (Å²) >= 11 is 0. The molecular weight excluding hydrogens is 702 g/mol. The van der Waals surface area contributed by atoms with E-state index in [0.29, 0.717) is 12.1 Å². The number of carbonyl (C=O) groups is 4. The van der Waals surface area contributed by atoms with Crippen molar-refractivity contribution in [2.45, 2.75) is 117 Å². The monoisotopic (exact) mass is 751 g/mol. The van der Waals surface area contributed by atoms with Gasteiger partial charge in [0.2, 0.25) is 0 Å². The highest BCUT2D eigenvalue weighted by Gasteiger charge is 2.48. The molecule has 2 aliphatic rings. The van der Waals surface area contributed by atoms with Crippen molar-refractivity contribution < 1.29 is 55.7 Å². The average Bonchev–Trinajstić information content (AvgIpc) is 3.74. The van der Waals surface area contributed by atoms with E-state index in [2.05, 4.69) is 0 Å². The molecule has 0 aromatic heterocycles. The van der Waals surface area contributed by atoms with Crippen LogP contribution in [0, 0.1) is 11.7 Å². The van der Waals surface area contributed by atoms with Gasteiger partial charge in [-0.3, -0.25) is 19.4 Å². The molecule has 0 saturated heterocycles. The number of alkyl halides is 3. The second kappa shape index (κ2) is 15.4. The topological polar surface area (TPSA) is 115 Å².